The Morgan fingerprint density at radius 1 is 1.10 bits per heavy atom. The second-order valence-corrected chi connectivity index (χ2v) is 7.17. The van der Waals surface area contributed by atoms with Crippen molar-refractivity contribution in [1.82, 2.24) is 10.2 Å². The highest BCUT2D eigenvalue weighted by Crippen LogP contribution is 2.55. The van der Waals surface area contributed by atoms with Crippen molar-refractivity contribution in [2.75, 3.05) is 19.7 Å². The van der Waals surface area contributed by atoms with Gasteiger partial charge in [-0.2, -0.15) is 0 Å². The van der Waals surface area contributed by atoms with Gasteiger partial charge in [-0.05, 0) is 56.3 Å². The molecule has 118 valence electrons. The lowest BCUT2D eigenvalue weighted by atomic mass is 9.53. The maximum atomic E-state index is 12.4. The number of urea groups is 1. The van der Waals surface area contributed by atoms with Gasteiger partial charge in [0.15, 0.2) is 0 Å². The van der Waals surface area contributed by atoms with Gasteiger partial charge in [0.05, 0.1) is 6.61 Å². The van der Waals surface area contributed by atoms with Crippen LogP contribution in [0.5, 0.6) is 0 Å². The number of amides is 2. The number of hydrogen-bond acceptors (Lipinski definition) is 3. The van der Waals surface area contributed by atoms with Crippen LogP contribution in [0.2, 0.25) is 0 Å². The molecule has 0 saturated heterocycles. The fourth-order valence-corrected chi connectivity index (χ4v) is 5.11. The van der Waals surface area contributed by atoms with Crippen LogP contribution in [-0.4, -0.2) is 52.3 Å². The van der Waals surface area contributed by atoms with Gasteiger partial charge in [0.25, 0.3) is 0 Å². The number of hydrogen-bond donors (Lipinski definition) is 3. The molecular weight excluding hydrogens is 272 g/mol. The van der Waals surface area contributed by atoms with E-state index in [1.165, 1.54) is 24.2 Å². The molecule has 6 nitrogen and oxygen atoms in total. The number of aliphatic hydroxyl groups excluding tert-OH is 1. The summed E-state index contributed by atoms with van der Waals surface area (Å²) in [5.74, 6) is 1.12. The first-order valence-corrected chi connectivity index (χ1v) is 7.89. The Morgan fingerprint density at radius 2 is 1.62 bits per heavy atom. The molecular formula is C15H24N2O4. The highest BCUT2D eigenvalue weighted by molar-refractivity contribution is 5.80. The van der Waals surface area contributed by atoms with Crippen LogP contribution >= 0.6 is 0 Å². The van der Waals surface area contributed by atoms with E-state index in [9.17, 15) is 9.59 Å². The average Bonchev–Trinajstić information content (AvgIpc) is 2.35. The molecule has 6 heteroatoms. The van der Waals surface area contributed by atoms with E-state index in [1.807, 2.05) is 0 Å². The van der Waals surface area contributed by atoms with Gasteiger partial charge in [0.2, 0.25) is 0 Å². The second-order valence-electron chi connectivity index (χ2n) is 7.17. The number of carbonyl (C=O) groups is 2. The van der Waals surface area contributed by atoms with Crippen molar-refractivity contribution >= 4 is 12.0 Å². The molecule has 4 bridgehead atoms. The molecule has 0 aromatic carbocycles. The number of rotatable bonds is 5. The predicted molar refractivity (Wildman–Crippen MR) is 75.7 cm³/mol. The predicted octanol–water partition coefficient (Wildman–Crippen LogP) is 1.04. The highest BCUT2D eigenvalue weighted by atomic mass is 16.4. The second kappa shape index (κ2) is 5.48. The summed E-state index contributed by atoms with van der Waals surface area (Å²) >= 11 is 0. The Kier molecular flexibility index (Phi) is 3.82. The minimum Gasteiger partial charge on any atom is -0.480 e. The number of carboxylic acid groups (broad SMARTS) is 1. The van der Waals surface area contributed by atoms with Crippen LogP contribution in [0.15, 0.2) is 0 Å². The van der Waals surface area contributed by atoms with E-state index in [2.05, 4.69) is 5.32 Å². The summed E-state index contributed by atoms with van der Waals surface area (Å²) in [5, 5.41) is 21.0. The zero-order chi connectivity index (χ0) is 15.0. The van der Waals surface area contributed by atoms with E-state index in [0.29, 0.717) is 0 Å². The van der Waals surface area contributed by atoms with E-state index in [1.54, 1.807) is 0 Å². The van der Waals surface area contributed by atoms with Crippen molar-refractivity contribution < 1.29 is 19.8 Å². The lowest BCUT2D eigenvalue weighted by molar-refractivity contribution is -0.137. The SMILES string of the molecule is O=C(O)CN(CCO)C(=O)NC12CC3CC(CC(C3)C1)C2. The van der Waals surface area contributed by atoms with Crippen molar-refractivity contribution in [3.8, 4) is 0 Å². The minimum atomic E-state index is -1.05. The monoisotopic (exact) mass is 296 g/mol. The highest BCUT2D eigenvalue weighted by Gasteiger charge is 2.51. The molecule has 21 heavy (non-hydrogen) atoms. The van der Waals surface area contributed by atoms with Crippen molar-refractivity contribution in [1.29, 1.82) is 0 Å². The molecule has 0 radical (unpaired) electrons. The van der Waals surface area contributed by atoms with E-state index in [0.717, 1.165) is 37.0 Å². The fraction of sp³-hybridized carbons (Fsp3) is 0.867. The lowest BCUT2D eigenvalue weighted by Gasteiger charge is -2.57. The molecule has 4 saturated carbocycles. The molecule has 4 aliphatic rings. The molecule has 4 aliphatic carbocycles. The smallest absolute Gasteiger partial charge is 0.323 e. The molecule has 0 aromatic rings. The zero-order valence-electron chi connectivity index (χ0n) is 12.3. The molecule has 2 amide bonds. The first-order valence-electron chi connectivity index (χ1n) is 7.89. The van der Waals surface area contributed by atoms with Gasteiger partial charge in [-0.15, -0.1) is 0 Å². The fourth-order valence-electron chi connectivity index (χ4n) is 5.11. The molecule has 0 atom stereocenters. The Balaban J connectivity index is 1.67. The molecule has 0 heterocycles. The summed E-state index contributed by atoms with van der Waals surface area (Å²) in [6, 6.07) is -0.339. The summed E-state index contributed by atoms with van der Waals surface area (Å²) in [5.41, 5.74) is -0.127. The van der Waals surface area contributed by atoms with E-state index in [-0.39, 0.29) is 31.3 Å². The molecule has 0 aromatic heterocycles. The lowest BCUT2D eigenvalue weighted by Crippen LogP contribution is -2.62. The molecule has 3 N–H and O–H groups in total. The standard InChI is InChI=1S/C15H24N2O4/c18-2-1-17(9-13(19)20)14(21)16-15-6-10-3-11(7-15)5-12(4-10)8-15/h10-12,18H,1-9H2,(H,16,21)(H,19,20). The van der Waals surface area contributed by atoms with Gasteiger partial charge in [0, 0.05) is 12.1 Å². The number of carboxylic acids is 1. The largest absolute Gasteiger partial charge is 0.480 e. The Hall–Kier alpha value is -1.30. The normalized spacial score (nSPS) is 36.5. The van der Waals surface area contributed by atoms with Crippen molar-refractivity contribution in [3.05, 3.63) is 0 Å². The van der Waals surface area contributed by atoms with Gasteiger partial charge < -0.3 is 20.4 Å². The number of aliphatic hydroxyl groups is 1. The Bertz CT molecular complexity index is 402. The number of carbonyl (C=O) groups excluding carboxylic acids is 1. The summed E-state index contributed by atoms with van der Waals surface area (Å²) < 4.78 is 0. The van der Waals surface area contributed by atoms with Crippen LogP contribution in [0, 0.1) is 17.8 Å². The van der Waals surface area contributed by atoms with Crippen molar-refractivity contribution in [2.45, 2.75) is 44.1 Å². The Labute approximate surface area is 124 Å². The Morgan fingerprint density at radius 3 is 2.05 bits per heavy atom. The van der Waals surface area contributed by atoms with Gasteiger partial charge in [-0.25, -0.2) is 4.79 Å². The maximum Gasteiger partial charge on any atom is 0.323 e. The topological polar surface area (TPSA) is 89.9 Å². The van der Waals surface area contributed by atoms with Crippen LogP contribution in [-0.2, 0) is 4.79 Å². The van der Waals surface area contributed by atoms with Crippen LogP contribution in [0.25, 0.3) is 0 Å². The van der Waals surface area contributed by atoms with Gasteiger partial charge in [-0.3, -0.25) is 4.79 Å². The van der Waals surface area contributed by atoms with Crippen LogP contribution in [0.1, 0.15) is 38.5 Å². The average molecular weight is 296 g/mol. The molecule has 4 fully saturated rings. The van der Waals surface area contributed by atoms with Gasteiger partial charge in [0.1, 0.15) is 6.54 Å². The van der Waals surface area contributed by atoms with Crippen LogP contribution < -0.4 is 5.32 Å². The quantitative estimate of drug-likeness (QED) is 0.707. The first kappa shape index (κ1) is 14.6. The van der Waals surface area contributed by atoms with E-state index < -0.39 is 5.97 Å². The molecule has 0 unspecified atom stereocenters. The third-order valence-electron chi connectivity index (χ3n) is 5.39. The van der Waals surface area contributed by atoms with Gasteiger partial charge in [-0.1, -0.05) is 0 Å². The van der Waals surface area contributed by atoms with Crippen LogP contribution in [0.3, 0.4) is 0 Å². The summed E-state index contributed by atoms with van der Waals surface area (Å²) in [7, 11) is 0. The third kappa shape index (κ3) is 3.00. The number of aliphatic carboxylic acids is 1. The molecule has 4 rings (SSSR count). The van der Waals surface area contributed by atoms with Gasteiger partial charge >= 0.3 is 12.0 Å². The summed E-state index contributed by atoms with van der Waals surface area (Å²) in [6.07, 6.45) is 6.99. The first-order chi connectivity index (χ1) is 9.99. The maximum absolute atomic E-state index is 12.4. The summed E-state index contributed by atoms with van der Waals surface area (Å²) in [4.78, 5) is 24.4. The zero-order valence-corrected chi connectivity index (χ0v) is 12.3. The minimum absolute atomic E-state index is 0.0600. The van der Waals surface area contributed by atoms with Crippen LogP contribution in [0.4, 0.5) is 4.79 Å². The molecule has 0 spiro atoms. The van der Waals surface area contributed by atoms with Crippen molar-refractivity contribution in [2.24, 2.45) is 17.8 Å². The van der Waals surface area contributed by atoms with Crippen molar-refractivity contribution in [3.63, 3.8) is 0 Å². The third-order valence-corrected chi connectivity index (χ3v) is 5.39. The number of nitrogens with one attached hydrogen (secondary N) is 1. The van der Waals surface area contributed by atoms with E-state index >= 15 is 0 Å². The van der Waals surface area contributed by atoms with E-state index in [4.69, 9.17) is 10.2 Å². The summed E-state index contributed by atoms with van der Waals surface area (Å²) in [6.45, 7) is -0.523. The molecule has 0 aliphatic heterocycles. The number of nitrogens with zero attached hydrogens (tertiary/aromatic N) is 1.